The molecule has 2 heteroatoms. The standard InChI is InChI=1S/C12H10FN/c13-9-10-4-6-11(7-5-10)12-3-1-2-8-14-12/h1-8H,9H2. The molecule has 1 heterocycles. The molecule has 0 bridgehead atoms. The highest BCUT2D eigenvalue weighted by atomic mass is 19.1. The summed E-state index contributed by atoms with van der Waals surface area (Å²) in [4.78, 5) is 4.21. The van der Waals surface area contributed by atoms with Crippen LogP contribution in [-0.2, 0) is 6.67 Å². The molecule has 0 N–H and O–H groups in total. The summed E-state index contributed by atoms with van der Waals surface area (Å²) < 4.78 is 12.2. The van der Waals surface area contributed by atoms with Crippen molar-refractivity contribution in [2.45, 2.75) is 6.67 Å². The fourth-order valence-electron chi connectivity index (χ4n) is 1.30. The van der Waals surface area contributed by atoms with Gasteiger partial charge in [-0.3, -0.25) is 4.98 Å². The Balaban J connectivity index is 2.34. The van der Waals surface area contributed by atoms with Gasteiger partial charge in [0.15, 0.2) is 0 Å². The minimum Gasteiger partial charge on any atom is -0.256 e. The summed E-state index contributed by atoms with van der Waals surface area (Å²) in [6.07, 6.45) is 1.75. The van der Waals surface area contributed by atoms with E-state index in [1.54, 1.807) is 18.3 Å². The first-order valence-corrected chi connectivity index (χ1v) is 4.46. The van der Waals surface area contributed by atoms with Gasteiger partial charge in [-0.1, -0.05) is 30.3 Å². The molecule has 70 valence electrons. The van der Waals surface area contributed by atoms with Crippen molar-refractivity contribution in [1.29, 1.82) is 0 Å². The molecule has 0 spiro atoms. The van der Waals surface area contributed by atoms with Gasteiger partial charge >= 0.3 is 0 Å². The van der Waals surface area contributed by atoms with Crippen molar-refractivity contribution >= 4 is 0 Å². The Morgan fingerprint density at radius 1 is 1.00 bits per heavy atom. The second-order valence-electron chi connectivity index (χ2n) is 3.05. The van der Waals surface area contributed by atoms with Crippen molar-refractivity contribution in [3.63, 3.8) is 0 Å². The van der Waals surface area contributed by atoms with Gasteiger partial charge in [-0.05, 0) is 17.7 Å². The number of pyridine rings is 1. The molecule has 2 rings (SSSR count). The van der Waals surface area contributed by atoms with Crippen LogP contribution < -0.4 is 0 Å². The largest absolute Gasteiger partial charge is 0.256 e. The zero-order valence-corrected chi connectivity index (χ0v) is 7.65. The first-order valence-electron chi connectivity index (χ1n) is 4.46. The lowest BCUT2D eigenvalue weighted by molar-refractivity contribution is 0.485. The van der Waals surface area contributed by atoms with E-state index in [2.05, 4.69) is 4.98 Å². The molecule has 0 aliphatic heterocycles. The van der Waals surface area contributed by atoms with Crippen LogP contribution in [0.3, 0.4) is 0 Å². The number of benzene rings is 1. The lowest BCUT2D eigenvalue weighted by Gasteiger charge is -2.00. The normalized spacial score (nSPS) is 10.1. The summed E-state index contributed by atoms with van der Waals surface area (Å²) in [5, 5.41) is 0. The van der Waals surface area contributed by atoms with Crippen LogP contribution in [0, 0.1) is 0 Å². The third-order valence-electron chi connectivity index (χ3n) is 2.07. The number of nitrogens with zero attached hydrogens (tertiary/aromatic N) is 1. The average Bonchev–Trinajstić information content (AvgIpc) is 2.30. The van der Waals surface area contributed by atoms with Gasteiger partial charge in [0.05, 0.1) is 5.69 Å². The Kier molecular flexibility index (Phi) is 2.54. The maximum absolute atomic E-state index is 12.2. The zero-order chi connectivity index (χ0) is 9.80. The predicted octanol–water partition coefficient (Wildman–Crippen LogP) is 3.22. The molecule has 1 aromatic heterocycles. The molecule has 0 aliphatic rings. The Morgan fingerprint density at radius 2 is 1.79 bits per heavy atom. The molecule has 0 saturated carbocycles. The van der Waals surface area contributed by atoms with Gasteiger partial charge in [-0.15, -0.1) is 0 Å². The summed E-state index contributed by atoms with van der Waals surface area (Å²) in [6, 6.07) is 13.1. The van der Waals surface area contributed by atoms with Crippen molar-refractivity contribution in [3.8, 4) is 11.3 Å². The van der Waals surface area contributed by atoms with Crippen LogP contribution in [0.1, 0.15) is 5.56 Å². The van der Waals surface area contributed by atoms with Crippen LogP contribution in [0.15, 0.2) is 48.7 Å². The molecule has 0 amide bonds. The molecule has 0 unspecified atom stereocenters. The first kappa shape index (κ1) is 8.88. The van der Waals surface area contributed by atoms with Gasteiger partial charge in [0, 0.05) is 11.8 Å². The highest BCUT2D eigenvalue weighted by Gasteiger charge is 1.97. The quantitative estimate of drug-likeness (QED) is 0.703. The lowest BCUT2D eigenvalue weighted by atomic mass is 10.1. The summed E-state index contributed by atoms with van der Waals surface area (Å²) in [5.41, 5.74) is 2.63. The highest BCUT2D eigenvalue weighted by Crippen LogP contribution is 2.16. The minimum atomic E-state index is -0.414. The van der Waals surface area contributed by atoms with Gasteiger partial charge in [0.25, 0.3) is 0 Å². The van der Waals surface area contributed by atoms with E-state index in [1.165, 1.54) is 0 Å². The molecule has 0 fully saturated rings. The Hall–Kier alpha value is -1.70. The van der Waals surface area contributed by atoms with E-state index in [1.807, 2.05) is 30.3 Å². The van der Waals surface area contributed by atoms with Gasteiger partial charge in [0.1, 0.15) is 6.67 Å². The van der Waals surface area contributed by atoms with Crippen molar-refractivity contribution < 1.29 is 4.39 Å². The third kappa shape index (κ3) is 1.79. The van der Waals surface area contributed by atoms with E-state index >= 15 is 0 Å². The number of aromatic nitrogens is 1. The number of rotatable bonds is 2. The molecule has 2 aromatic rings. The van der Waals surface area contributed by atoms with Crippen LogP contribution in [0.25, 0.3) is 11.3 Å². The Bertz CT molecular complexity index is 394. The number of hydrogen-bond acceptors (Lipinski definition) is 1. The lowest BCUT2D eigenvalue weighted by Crippen LogP contribution is -1.83. The average molecular weight is 187 g/mol. The molecule has 0 aliphatic carbocycles. The van der Waals surface area contributed by atoms with Gasteiger partial charge < -0.3 is 0 Å². The van der Waals surface area contributed by atoms with Crippen molar-refractivity contribution in [2.24, 2.45) is 0 Å². The monoisotopic (exact) mass is 187 g/mol. The van der Waals surface area contributed by atoms with Crippen LogP contribution in [0.2, 0.25) is 0 Å². The van der Waals surface area contributed by atoms with E-state index in [0.717, 1.165) is 11.3 Å². The molecule has 1 nitrogen and oxygen atoms in total. The first-order chi connectivity index (χ1) is 6.90. The molecule has 0 saturated heterocycles. The second kappa shape index (κ2) is 4.01. The summed E-state index contributed by atoms with van der Waals surface area (Å²) in [5.74, 6) is 0. The molecule has 14 heavy (non-hydrogen) atoms. The Morgan fingerprint density at radius 3 is 2.36 bits per heavy atom. The molecule has 0 atom stereocenters. The van der Waals surface area contributed by atoms with Crippen molar-refractivity contribution in [1.82, 2.24) is 4.98 Å². The maximum atomic E-state index is 12.2. The van der Waals surface area contributed by atoms with E-state index in [9.17, 15) is 4.39 Å². The fourth-order valence-corrected chi connectivity index (χ4v) is 1.30. The smallest absolute Gasteiger partial charge is 0.115 e. The zero-order valence-electron chi connectivity index (χ0n) is 7.65. The van der Waals surface area contributed by atoms with Crippen LogP contribution in [-0.4, -0.2) is 4.98 Å². The van der Waals surface area contributed by atoms with Crippen LogP contribution in [0.5, 0.6) is 0 Å². The van der Waals surface area contributed by atoms with Gasteiger partial charge in [-0.2, -0.15) is 0 Å². The van der Waals surface area contributed by atoms with E-state index < -0.39 is 6.67 Å². The third-order valence-corrected chi connectivity index (χ3v) is 2.07. The predicted molar refractivity (Wildman–Crippen MR) is 54.5 cm³/mol. The van der Waals surface area contributed by atoms with Crippen molar-refractivity contribution in [2.75, 3.05) is 0 Å². The summed E-state index contributed by atoms with van der Waals surface area (Å²) >= 11 is 0. The number of alkyl halides is 1. The highest BCUT2D eigenvalue weighted by molar-refractivity contribution is 5.58. The topological polar surface area (TPSA) is 12.9 Å². The molecular formula is C12H10FN. The van der Waals surface area contributed by atoms with Crippen molar-refractivity contribution in [3.05, 3.63) is 54.2 Å². The van der Waals surface area contributed by atoms with E-state index in [0.29, 0.717) is 5.56 Å². The molecule has 1 aromatic carbocycles. The van der Waals surface area contributed by atoms with Gasteiger partial charge in [-0.25, -0.2) is 4.39 Å². The SMILES string of the molecule is FCc1ccc(-c2ccccn2)cc1. The summed E-state index contributed by atoms with van der Waals surface area (Å²) in [6.45, 7) is -0.414. The van der Waals surface area contributed by atoms with Gasteiger partial charge in [0.2, 0.25) is 0 Å². The molecule has 0 radical (unpaired) electrons. The second-order valence-corrected chi connectivity index (χ2v) is 3.05. The number of halogens is 1. The fraction of sp³-hybridized carbons (Fsp3) is 0.0833. The Labute approximate surface area is 82.2 Å². The maximum Gasteiger partial charge on any atom is 0.115 e. The summed E-state index contributed by atoms with van der Waals surface area (Å²) in [7, 11) is 0. The molecular weight excluding hydrogens is 177 g/mol. The number of hydrogen-bond donors (Lipinski definition) is 0. The van der Waals surface area contributed by atoms with E-state index in [4.69, 9.17) is 0 Å². The van der Waals surface area contributed by atoms with E-state index in [-0.39, 0.29) is 0 Å². The van der Waals surface area contributed by atoms with Crippen LogP contribution >= 0.6 is 0 Å². The van der Waals surface area contributed by atoms with Crippen LogP contribution in [0.4, 0.5) is 4.39 Å². The minimum absolute atomic E-state index is 0.414.